The van der Waals surface area contributed by atoms with Crippen molar-refractivity contribution in [2.75, 3.05) is 0 Å². The first-order valence-electron chi connectivity index (χ1n) is 3.23. The molecule has 0 unspecified atom stereocenters. The Morgan fingerprint density at radius 1 is 1.38 bits per heavy atom. The van der Waals surface area contributed by atoms with Gasteiger partial charge in [-0.3, -0.25) is 4.79 Å². The summed E-state index contributed by atoms with van der Waals surface area (Å²) in [4.78, 5) is 10.3. The van der Waals surface area contributed by atoms with Crippen LogP contribution < -0.4 is 5.10 Å². The number of aromatic nitrogens is 2. The molecule has 5 heteroatoms. The van der Waals surface area contributed by atoms with Crippen LogP contribution in [0.1, 0.15) is 10.4 Å². The first-order valence-corrected chi connectivity index (χ1v) is 3.23. The average Bonchev–Trinajstić information content (AvgIpc) is 2.50. The average molecular weight is 477 g/mol. The molecule has 0 N–H and O–H groups in total. The number of fused-ring (bicyclic) bond motifs is 1. The monoisotopic (exact) mass is 475 g/mol. The van der Waals surface area contributed by atoms with E-state index in [1.807, 2.05) is 6.07 Å². The first kappa shape index (κ1) is 12.9. The third-order valence-electron chi connectivity index (χ3n) is 1.55. The van der Waals surface area contributed by atoms with Crippen molar-refractivity contribution < 1.29 is 51.8 Å². The molecule has 64 valence electrons. The summed E-state index contributed by atoms with van der Waals surface area (Å²) in [5.74, 6) is 0. The fourth-order valence-corrected chi connectivity index (χ4v) is 0.983. The Kier molecular flexibility index (Phi) is 5.49. The minimum Gasteiger partial charge on any atom is -0.575 e. The molecule has 1 aromatic heterocycles. The summed E-state index contributed by atoms with van der Waals surface area (Å²) in [6.07, 6.45) is 2.47. The van der Waals surface area contributed by atoms with Crippen molar-refractivity contribution in [3.63, 3.8) is 0 Å². The summed E-state index contributed by atoms with van der Waals surface area (Å²) in [6.45, 7) is 0. The number of hydrogen-bond donors (Lipinski definition) is 0. The summed E-state index contributed by atoms with van der Waals surface area (Å²) in [5, 5.41) is 8.50. The Hall–Kier alpha value is -0.146. The molecule has 0 amide bonds. The van der Waals surface area contributed by atoms with Crippen molar-refractivity contribution >= 4 is 17.2 Å². The van der Waals surface area contributed by atoms with E-state index in [-0.39, 0.29) is 47.0 Å². The van der Waals surface area contributed by atoms with Crippen LogP contribution in [0.3, 0.4) is 0 Å². The number of aldehydes is 1. The number of hydrogen-bond acceptors (Lipinski definition) is 2. The van der Waals surface area contributed by atoms with Crippen LogP contribution in [0.4, 0.5) is 0 Å². The molecule has 0 bridgehead atoms. The van der Waals surface area contributed by atoms with Crippen LogP contribution in [0.25, 0.3) is 10.9 Å². The predicted octanol–water partition coefficient (Wildman–Crippen LogP) is 1.00. The summed E-state index contributed by atoms with van der Waals surface area (Å²) >= 11 is 0. The van der Waals surface area contributed by atoms with E-state index < -0.39 is 0 Å². The van der Waals surface area contributed by atoms with E-state index in [1.54, 1.807) is 18.3 Å². The first-order chi connectivity index (χ1) is 5.40. The van der Waals surface area contributed by atoms with E-state index in [0.717, 1.165) is 17.2 Å². The summed E-state index contributed by atoms with van der Waals surface area (Å²) in [7, 11) is 0. The number of carbonyl (C=O) groups excluding carboxylic acids is 1. The van der Waals surface area contributed by atoms with Gasteiger partial charge in [0.25, 0.3) is 0 Å². The fourth-order valence-electron chi connectivity index (χ4n) is 0.983. The summed E-state index contributed by atoms with van der Waals surface area (Å²) < 4.78 is 0. The van der Waals surface area contributed by atoms with Crippen molar-refractivity contribution in [2.24, 2.45) is 0 Å². The minimum absolute atomic E-state index is 0. The molecule has 1 heterocycles. The summed E-state index contributed by atoms with van der Waals surface area (Å²) in [5.41, 5.74) is 1.41. The molecular weight excluding hydrogens is 472 g/mol. The molecule has 3 nitrogen and oxygen atoms in total. The molecule has 0 aliphatic heterocycles. The third kappa shape index (κ3) is 2.65. The van der Waals surface area contributed by atoms with E-state index in [4.69, 9.17) is 0 Å². The second kappa shape index (κ2) is 5.56. The molecule has 2 radical (unpaired) electrons. The van der Waals surface area contributed by atoms with Crippen molar-refractivity contribution in [2.45, 2.75) is 0 Å². The standard InChI is InChI=1S/C8H6N2O.Am.Y/c11-5-6-1-2-7-4-9-10-8(7)3-6;;/h1-5H,(H,9,10,11);;/p-1. The number of nitrogens with zero attached hydrogens (tertiary/aromatic N) is 2. The van der Waals surface area contributed by atoms with Crippen LogP contribution in [0.5, 0.6) is 0 Å². The van der Waals surface area contributed by atoms with E-state index in [0.29, 0.717) is 5.56 Å². The van der Waals surface area contributed by atoms with E-state index in [2.05, 4.69) is 10.2 Å². The van der Waals surface area contributed by atoms with Crippen LogP contribution in [0.15, 0.2) is 24.4 Å². The van der Waals surface area contributed by atoms with Gasteiger partial charge in [-0.25, -0.2) is 0 Å². The second-order valence-corrected chi connectivity index (χ2v) is 2.28. The van der Waals surface area contributed by atoms with Crippen LogP contribution >= 0.6 is 0 Å². The molecule has 0 spiro atoms. The topological polar surface area (TPSA) is 44.1 Å². The Morgan fingerprint density at radius 2 is 2.15 bits per heavy atom. The van der Waals surface area contributed by atoms with E-state index >= 15 is 0 Å². The van der Waals surface area contributed by atoms with Gasteiger partial charge in [-0.1, -0.05) is 18.2 Å². The Bertz CT molecular complexity index is 402. The molecule has 2 rings (SSSR count). The van der Waals surface area contributed by atoms with Crippen LogP contribution in [-0.4, -0.2) is 11.4 Å². The maximum atomic E-state index is 10.3. The molecule has 0 saturated carbocycles. The fraction of sp³-hybridized carbons (Fsp3) is 0. The maximum Gasteiger partial charge on any atom is 0.150 e. The zero-order chi connectivity index (χ0) is 7.68. The molecule has 1 aromatic carbocycles. The molecule has 0 saturated heterocycles. The van der Waals surface area contributed by atoms with Crippen molar-refractivity contribution in [3.8, 4) is 0 Å². The van der Waals surface area contributed by atoms with Crippen molar-refractivity contribution in [3.05, 3.63) is 30.0 Å². The SMILES string of the molecule is O=Cc1ccc2cn[n-]c2c1.[Am].[Y]. The van der Waals surface area contributed by atoms with Crippen molar-refractivity contribution in [1.29, 1.82) is 0 Å². The van der Waals surface area contributed by atoms with Crippen LogP contribution in [0.2, 0.25) is 0 Å². The molecular formula is C8H5AmN2OY-. The molecule has 13 heavy (non-hydrogen) atoms. The van der Waals surface area contributed by atoms with Gasteiger partial charge in [0, 0.05) is 58.8 Å². The van der Waals surface area contributed by atoms with Gasteiger partial charge in [-0.15, -0.1) is 5.52 Å². The smallest absolute Gasteiger partial charge is 0.150 e. The predicted molar refractivity (Wildman–Crippen MR) is 40.5 cm³/mol. The molecule has 0 fully saturated rings. The number of benzene rings is 1. The van der Waals surface area contributed by atoms with E-state index in [9.17, 15) is 4.79 Å². The zero-order valence-electron chi connectivity index (χ0n) is 6.64. The molecule has 2 aromatic rings. The van der Waals surface area contributed by atoms with Gasteiger partial charge < -0.3 is 10.2 Å². The van der Waals surface area contributed by atoms with E-state index in [1.165, 1.54) is 0 Å². The van der Waals surface area contributed by atoms with Crippen LogP contribution in [-0.2, 0) is 32.7 Å². The van der Waals surface area contributed by atoms with Crippen LogP contribution in [0, 0.1) is 14.3 Å². The van der Waals surface area contributed by atoms with Gasteiger partial charge in [-0.05, 0) is 5.39 Å². The Balaban J connectivity index is 0.000000720. The molecule has 0 aliphatic carbocycles. The van der Waals surface area contributed by atoms with Gasteiger partial charge in [-0.2, -0.15) is 0 Å². The number of carbonyl (C=O) groups is 1. The zero-order valence-corrected chi connectivity index (χ0v) is 12.6. The van der Waals surface area contributed by atoms with Gasteiger partial charge in [0.1, 0.15) is 6.29 Å². The largest absolute Gasteiger partial charge is 0.575 e. The van der Waals surface area contributed by atoms with Gasteiger partial charge in [0.05, 0.1) is 0 Å². The van der Waals surface area contributed by atoms with Gasteiger partial charge in [0.15, 0.2) is 0 Å². The number of rotatable bonds is 1. The molecule has 0 aliphatic rings. The second-order valence-electron chi connectivity index (χ2n) is 2.28. The maximum absolute atomic E-state index is 10.3. The Labute approximate surface area is 108 Å². The minimum atomic E-state index is 0. The normalized spacial score (nSPS) is 8.62. The third-order valence-corrected chi connectivity index (χ3v) is 1.55. The quantitative estimate of drug-likeness (QED) is 0.577. The van der Waals surface area contributed by atoms with Crippen molar-refractivity contribution in [1.82, 2.24) is 10.2 Å². The van der Waals surface area contributed by atoms with Gasteiger partial charge in [0.2, 0.25) is 0 Å². The summed E-state index contributed by atoms with van der Waals surface area (Å²) in [6, 6.07) is 5.30. The molecule has 0 atom stereocenters. The Morgan fingerprint density at radius 3 is 2.85 bits per heavy atom. The van der Waals surface area contributed by atoms with Gasteiger partial charge >= 0.3 is 0 Å².